The third kappa shape index (κ3) is 3.54. The van der Waals surface area contributed by atoms with E-state index in [1.165, 1.54) is 6.42 Å². The molecule has 1 aromatic carbocycles. The molecule has 0 amide bonds. The highest BCUT2D eigenvalue weighted by Crippen LogP contribution is 2.22. The van der Waals surface area contributed by atoms with Crippen LogP contribution in [0.2, 0.25) is 0 Å². The van der Waals surface area contributed by atoms with E-state index in [2.05, 4.69) is 14.8 Å². The Morgan fingerprint density at radius 1 is 1.10 bits per heavy atom. The first-order chi connectivity index (χ1) is 10.4. The molecule has 3 rings (SSSR count). The first-order valence-corrected chi connectivity index (χ1v) is 7.90. The van der Waals surface area contributed by atoms with Crippen molar-refractivity contribution in [3.05, 3.63) is 24.3 Å². The van der Waals surface area contributed by atoms with Crippen LogP contribution in [-0.4, -0.2) is 49.2 Å². The second-order valence-corrected chi connectivity index (χ2v) is 5.64. The van der Waals surface area contributed by atoms with Crippen LogP contribution in [-0.2, 0) is 0 Å². The van der Waals surface area contributed by atoms with Crippen LogP contribution in [0.4, 0.5) is 6.01 Å². The number of hydrogen-bond donors (Lipinski definition) is 1. The average Bonchev–Trinajstić information content (AvgIpc) is 2.80. The van der Waals surface area contributed by atoms with E-state index < -0.39 is 0 Å². The number of anilines is 1. The first kappa shape index (κ1) is 14.4. The van der Waals surface area contributed by atoms with Crippen molar-refractivity contribution < 1.29 is 4.42 Å². The molecule has 21 heavy (non-hydrogen) atoms. The summed E-state index contributed by atoms with van der Waals surface area (Å²) < 4.78 is 5.88. The fourth-order valence-electron chi connectivity index (χ4n) is 2.86. The van der Waals surface area contributed by atoms with Crippen LogP contribution in [0.5, 0.6) is 0 Å². The van der Waals surface area contributed by atoms with Gasteiger partial charge in [0.25, 0.3) is 6.01 Å². The summed E-state index contributed by atoms with van der Waals surface area (Å²) in [4.78, 5) is 9.40. The Labute approximate surface area is 125 Å². The lowest BCUT2D eigenvalue weighted by Gasteiger charge is -2.20. The monoisotopic (exact) mass is 288 g/mol. The van der Waals surface area contributed by atoms with Gasteiger partial charge < -0.3 is 20.0 Å². The van der Waals surface area contributed by atoms with Crippen LogP contribution >= 0.6 is 0 Å². The highest BCUT2D eigenvalue weighted by Gasteiger charge is 2.18. The van der Waals surface area contributed by atoms with Crippen LogP contribution < -0.4 is 10.6 Å². The minimum absolute atomic E-state index is 0.764. The van der Waals surface area contributed by atoms with Gasteiger partial charge in [0.1, 0.15) is 5.52 Å². The molecular weight excluding hydrogens is 264 g/mol. The van der Waals surface area contributed by atoms with Gasteiger partial charge in [-0.15, -0.1) is 0 Å². The van der Waals surface area contributed by atoms with Crippen LogP contribution in [0.1, 0.15) is 19.3 Å². The van der Waals surface area contributed by atoms with Gasteiger partial charge in [0.2, 0.25) is 0 Å². The Bertz CT molecular complexity index is 535. The van der Waals surface area contributed by atoms with Crippen molar-refractivity contribution in [1.29, 1.82) is 0 Å². The van der Waals surface area contributed by atoms with Gasteiger partial charge in [-0.3, -0.25) is 0 Å². The highest BCUT2D eigenvalue weighted by atomic mass is 16.4. The second-order valence-electron chi connectivity index (χ2n) is 5.64. The Hall–Kier alpha value is -1.59. The predicted octanol–water partition coefficient (Wildman–Crippen LogP) is 2.08. The maximum absolute atomic E-state index is 5.88. The smallest absolute Gasteiger partial charge is 0.298 e. The van der Waals surface area contributed by atoms with Crippen molar-refractivity contribution >= 4 is 17.1 Å². The molecule has 5 heteroatoms. The lowest BCUT2D eigenvalue weighted by Crippen LogP contribution is -2.31. The van der Waals surface area contributed by atoms with E-state index in [9.17, 15) is 0 Å². The summed E-state index contributed by atoms with van der Waals surface area (Å²) in [6.07, 6.45) is 3.46. The third-order valence-corrected chi connectivity index (χ3v) is 4.07. The lowest BCUT2D eigenvalue weighted by atomic mass is 10.3. The molecule has 2 N–H and O–H groups in total. The maximum atomic E-state index is 5.88. The molecule has 2 aromatic rings. The highest BCUT2D eigenvalue weighted by molar-refractivity contribution is 5.74. The molecule has 0 aliphatic carbocycles. The number of aromatic nitrogens is 1. The summed E-state index contributed by atoms with van der Waals surface area (Å²) in [5, 5.41) is 0. The molecule has 1 aromatic heterocycles. The van der Waals surface area contributed by atoms with Gasteiger partial charge in [-0.2, -0.15) is 4.98 Å². The van der Waals surface area contributed by atoms with Crippen LogP contribution in [0.15, 0.2) is 28.7 Å². The normalized spacial score (nSPS) is 17.3. The number of benzene rings is 1. The summed E-state index contributed by atoms with van der Waals surface area (Å²) in [5.74, 6) is 0. The molecular formula is C16H24N4O. The molecule has 1 aliphatic rings. The molecule has 2 heterocycles. The van der Waals surface area contributed by atoms with Crippen molar-refractivity contribution in [3.63, 3.8) is 0 Å². The molecule has 1 saturated heterocycles. The topological polar surface area (TPSA) is 58.5 Å². The molecule has 1 fully saturated rings. The SMILES string of the molecule is NCCCCN1CCCN(c2nc3ccccc3o2)CC1. The number of hydrogen-bond acceptors (Lipinski definition) is 5. The van der Waals surface area contributed by atoms with Gasteiger partial charge in [-0.05, 0) is 51.0 Å². The number of nitrogens with two attached hydrogens (primary N) is 1. The zero-order valence-corrected chi connectivity index (χ0v) is 12.5. The van der Waals surface area contributed by atoms with E-state index in [0.717, 1.165) is 69.2 Å². The van der Waals surface area contributed by atoms with Gasteiger partial charge in [0.15, 0.2) is 5.58 Å². The minimum atomic E-state index is 0.764. The predicted molar refractivity (Wildman–Crippen MR) is 85.6 cm³/mol. The Morgan fingerprint density at radius 2 is 2.00 bits per heavy atom. The molecule has 0 radical (unpaired) electrons. The molecule has 0 saturated carbocycles. The van der Waals surface area contributed by atoms with E-state index in [0.29, 0.717) is 0 Å². The Balaban J connectivity index is 1.61. The van der Waals surface area contributed by atoms with E-state index >= 15 is 0 Å². The summed E-state index contributed by atoms with van der Waals surface area (Å²) >= 11 is 0. The van der Waals surface area contributed by atoms with Crippen molar-refractivity contribution in [2.45, 2.75) is 19.3 Å². The standard InChI is InChI=1S/C16H24N4O/c17-8-3-4-9-19-10-5-11-20(13-12-19)16-18-14-6-1-2-7-15(14)21-16/h1-2,6-7H,3-5,8-13,17H2. The van der Waals surface area contributed by atoms with E-state index in [-0.39, 0.29) is 0 Å². The second kappa shape index (κ2) is 6.91. The van der Waals surface area contributed by atoms with Crippen molar-refractivity contribution in [2.75, 3.05) is 44.2 Å². The zero-order chi connectivity index (χ0) is 14.5. The fourth-order valence-corrected chi connectivity index (χ4v) is 2.86. The molecule has 114 valence electrons. The van der Waals surface area contributed by atoms with Crippen LogP contribution in [0, 0.1) is 0 Å². The van der Waals surface area contributed by atoms with Crippen molar-refractivity contribution in [1.82, 2.24) is 9.88 Å². The van der Waals surface area contributed by atoms with E-state index in [4.69, 9.17) is 10.2 Å². The minimum Gasteiger partial charge on any atom is -0.423 e. The van der Waals surface area contributed by atoms with Crippen molar-refractivity contribution in [3.8, 4) is 0 Å². The molecule has 0 atom stereocenters. The largest absolute Gasteiger partial charge is 0.423 e. The summed E-state index contributed by atoms with van der Waals surface area (Å²) in [6, 6.07) is 8.72. The van der Waals surface area contributed by atoms with Gasteiger partial charge in [-0.1, -0.05) is 12.1 Å². The molecule has 5 nitrogen and oxygen atoms in total. The summed E-state index contributed by atoms with van der Waals surface area (Å²) in [5.41, 5.74) is 7.38. The Morgan fingerprint density at radius 3 is 2.86 bits per heavy atom. The maximum Gasteiger partial charge on any atom is 0.298 e. The number of fused-ring (bicyclic) bond motifs is 1. The third-order valence-electron chi connectivity index (χ3n) is 4.07. The van der Waals surface area contributed by atoms with Crippen molar-refractivity contribution in [2.24, 2.45) is 5.73 Å². The fraction of sp³-hybridized carbons (Fsp3) is 0.562. The van der Waals surface area contributed by atoms with E-state index in [1.54, 1.807) is 0 Å². The lowest BCUT2D eigenvalue weighted by molar-refractivity contribution is 0.287. The number of para-hydroxylation sites is 2. The Kier molecular flexibility index (Phi) is 4.72. The van der Waals surface area contributed by atoms with Crippen LogP contribution in [0.25, 0.3) is 11.1 Å². The zero-order valence-electron chi connectivity index (χ0n) is 12.5. The summed E-state index contributed by atoms with van der Waals surface area (Å²) in [7, 11) is 0. The number of rotatable bonds is 5. The summed E-state index contributed by atoms with van der Waals surface area (Å²) in [6.45, 7) is 6.17. The van der Waals surface area contributed by atoms with Gasteiger partial charge >= 0.3 is 0 Å². The quantitative estimate of drug-likeness (QED) is 0.854. The van der Waals surface area contributed by atoms with Gasteiger partial charge in [0.05, 0.1) is 0 Å². The molecule has 0 spiro atoms. The number of nitrogens with zero attached hydrogens (tertiary/aromatic N) is 3. The molecule has 1 aliphatic heterocycles. The average molecular weight is 288 g/mol. The number of unbranched alkanes of at least 4 members (excludes halogenated alkanes) is 1. The molecule has 0 bridgehead atoms. The van der Waals surface area contributed by atoms with Gasteiger partial charge in [0, 0.05) is 19.6 Å². The molecule has 0 unspecified atom stereocenters. The number of oxazole rings is 1. The van der Waals surface area contributed by atoms with Gasteiger partial charge in [-0.25, -0.2) is 0 Å². The van der Waals surface area contributed by atoms with Crippen LogP contribution in [0.3, 0.4) is 0 Å². The van der Waals surface area contributed by atoms with E-state index in [1.807, 2.05) is 24.3 Å². The first-order valence-electron chi connectivity index (χ1n) is 7.90.